The molecule has 0 bridgehead atoms. The highest BCUT2D eigenvalue weighted by atomic mass is 79.9. The van der Waals surface area contributed by atoms with Crippen molar-refractivity contribution in [3.05, 3.63) is 56.0 Å². The van der Waals surface area contributed by atoms with Crippen molar-refractivity contribution in [1.29, 1.82) is 0 Å². The number of ether oxygens (including phenoxy) is 2. The smallest absolute Gasteiger partial charge is 0.141 e. The molecule has 0 aliphatic carbocycles. The molecule has 0 saturated heterocycles. The number of rotatable bonds is 4. The van der Waals surface area contributed by atoms with Crippen LogP contribution in [-0.4, -0.2) is 14.2 Å². The Morgan fingerprint density at radius 3 is 2.29 bits per heavy atom. The fraction of sp³-hybridized carbons (Fsp3) is 0.200. The third kappa shape index (κ3) is 3.29. The van der Waals surface area contributed by atoms with Crippen LogP contribution >= 0.6 is 39.1 Å². The van der Waals surface area contributed by atoms with Crippen LogP contribution in [0, 0.1) is 0 Å². The molecule has 0 aliphatic rings. The number of methoxy groups -OCH3 is 2. The van der Waals surface area contributed by atoms with Crippen LogP contribution in [-0.2, 0) is 0 Å². The minimum atomic E-state index is -0.438. The maximum Gasteiger partial charge on any atom is 0.141 e. The van der Waals surface area contributed by atoms with Crippen molar-refractivity contribution in [2.75, 3.05) is 14.2 Å². The first-order valence-corrected chi connectivity index (χ1v) is 7.65. The Kier molecular flexibility index (Phi) is 5.38. The number of nitrogens with two attached hydrogens (primary N) is 1. The molecule has 1 unspecified atom stereocenters. The van der Waals surface area contributed by atoms with Crippen LogP contribution in [0.25, 0.3) is 0 Å². The third-order valence-corrected chi connectivity index (χ3v) is 4.46. The van der Waals surface area contributed by atoms with Gasteiger partial charge in [0.2, 0.25) is 0 Å². The molecule has 6 heteroatoms. The summed E-state index contributed by atoms with van der Waals surface area (Å²) in [5.41, 5.74) is 7.91. The largest absolute Gasteiger partial charge is 0.495 e. The highest BCUT2D eigenvalue weighted by Gasteiger charge is 2.20. The predicted molar refractivity (Wildman–Crippen MR) is 89.7 cm³/mol. The maximum atomic E-state index is 6.33. The summed E-state index contributed by atoms with van der Waals surface area (Å²) in [7, 11) is 3.18. The Bertz CT molecular complexity index is 664. The summed E-state index contributed by atoms with van der Waals surface area (Å²) < 4.78 is 11.4. The average molecular weight is 391 g/mol. The van der Waals surface area contributed by atoms with E-state index in [9.17, 15) is 0 Å². The summed E-state index contributed by atoms with van der Waals surface area (Å²) in [4.78, 5) is 0. The number of benzene rings is 2. The van der Waals surface area contributed by atoms with Crippen LogP contribution in [0.1, 0.15) is 17.2 Å². The van der Waals surface area contributed by atoms with E-state index in [0.29, 0.717) is 26.0 Å². The van der Waals surface area contributed by atoms with Crippen molar-refractivity contribution < 1.29 is 9.47 Å². The van der Waals surface area contributed by atoms with Gasteiger partial charge in [0, 0.05) is 15.6 Å². The zero-order valence-corrected chi connectivity index (χ0v) is 14.6. The molecule has 21 heavy (non-hydrogen) atoms. The van der Waals surface area contributed by atoms with E-state index < -0.39 is 6.04 Å². The lowest BCUT2D eigenvalue weighted by Crippen LogP contribution is -2.14. The Labute approximate surface area is 142 Å². The van der Waals surface area contributed by atoms with Gasteiger partial charge in [0.15, 0.2) is 0 Å². The van der Waals surface area contributed by atoms with Crippen LogP contribution in [0.3, 0.4) is 0 Å². The zero-order chi connectivity index (χ0) is 15.6. The molecule has 2 aromatic carbocycles. The second kappa shape index (κ2) is 6.88. The lowest BCUT2D eigenvalue weighted by molar-refractivity contribution is 0.385. The number of hydrogen-bond acceptors (Lipinski definition) is 3. The zero-order valence-electron chi connectivity index (χ0n) is 11.5. The standard InChI is InChI=1S/C15H14BrCl2NO2/c1-20-12-6-5-10(15(21-2)13(12)16)14(19)9-4-3-8(17)7-11(9)18/h3-7,14H,19H2,1-2H3. The molecule has 1 atom stereocenters. The van der Waals surface area contributed by atoms with Crippen LogP contribution in [0.5, 0.6) is 11.5 Å². The van der Waals surface area contributed by atoms with E-state index in [4.69, 9.17) is 38.4 Å². The number of halogens is 3. The van der Waals surface area contributed by atoms with E-state index in [0.717, 1.165) is 11.1 Å². The van der Waals surface area contributed by atoms with Gasteiger partial charge in [-0.15, -0.1) is 0 Å². The Morgan fingerprint density at radius 2 is 1.71 bits per heavy atom. The van der Waals surface area contributed by atoms with E-state index in [2.05, 4.69) is 15.9 Å². The van der Waals surface area contributed by atoms with E-state index >= 15 is 0 Å². The minimum Gasteiger partial charge on any atom is -0.495 e. The quantitative estimate of drug-likeness (QED) is 0.813. The SMILES string of the molecule is COc1ccc(C(N)c2ccc(Cl)cc2Cl)c(OC)c1Br. The van der Waals surface area contributed by atoms with Gasteiger partial charge in [-0.3, -0.25) is 0 Å². The summed E-state index contributed by atoms with van der Waals surface area (Å²) in [5, 5.41) is 1.09. The molecule has 3 nitrogen and oxygen atoms in total. The monoisotopic (exact) mass is 389 g/mol. The van der Waals surface area contributed by atoms with Gasteiger partial charge in [-0.1, -0.05) is 29.3 Å². The Balaban J connectivity index is 2.52. The summed E-state index contributed by atoms with van der Waals surface area (Å²) in [6, 6.07) is 8.49. The van der Waals surface area contributed by atoms with Gasteiger partial charge >= 0.3 is 0 Å². The lowest BCUT2D eigenvalue weighted by atomic mass is 9.98. The van der Waals surface area contributed by atoms with E-state index in [1.807, 2.05) is 18.2 Å². The molecule has 2 aromatic rings. The molecule has 0 aliphatic heterocycles. The van der Waals surface area contributed by atoms with Gasteiger partial charge in [0.05, 0.1) is 20.3 Å². The van der Waals surface area contributed by atoms with E-state index in [1.165, 1.54) is 0 Å². The summed E-state index contributed by atoms with van der Waals surface area (Å²) in [6.07, 6.45) is 0. The molecule has 112 valence electrons. The first kappa shape index (κ1) is 16.4. The highest BCUT2D eigenvalue weighted by molar-refractivity contribution is 9.10. The Morgan fingerprint density at radius 1 is 1.05 bits per heavy atom. The van der Waals surface area contributed by atoms with E-state index in [-0.39, 0.29) is 0 Å². The molecule has 0 radical (unpaired) electrons. The second-order valence-electron chi connectivity index (χ2n) is 4.35. The fourth-order valence-corrected chi connectivity index (χ4v) is 3.30. The summed E-state index contributed by atoms with van der Waals surface area (Å²) >= 11 is 15.6. The third-order valence-electron chi connectivity index (χ3n) is 3.15. The van der Waals surface area contributed by atoms with Crippen LogP contribution < -0.4 is 15.2 Å². The van der Waals surface area contributed by atoms with Crippen molar-refractivity contribution >= 4 is 39.1 Å². The molecule has 0 amide bonds. The summed E-state index contributed by atoms with van der Waals surface area (Å²) in [5.74, 6) is 1.29. The predicted octanol–water partition coefficient (Wildman–Crippen LogP) is 4.82. The van der Waals surface area contributed by atoms with Crippen molar-refractivity contribution in [3.63, 3.8) is 0 Å². The van der Waals surface area contributed by atoms with Gasteiger partial charge in [0.25, 0.3) is 0 Å². The first-order chi connectivity index (χ1) is 9.99. The average Bonchev–Trinajstić information content (AvgIpc) is 2.46. The van der Waals surface area contributed by atoms with Crippen LogP contribution in [0.4, 0.5) is 0 Å². The van der Waals surface area contributed by atoms with Gasteiger partial charge < -0.3 is 15.2 Å². The number of hydrogen-bond donors (Lipinski definition) is 1. The second-order valence-corrected chi connectivity index (χ2v) is 5.98. The van der Waals surface area contributed by atoms with Gasteiger partial charge in [-0.05, 0) is 45.8 Å². The van der Waals surface area contributed by atoms with Gasteiger partial charge in [0.1, 0.15) is 16.0 Å². The Hall–Kier alpha value is -0.940. The van der Waals surface area contributed by atoms with Crippen LogP contribution in [0.15, 0.2) is 34.8 Å². The fourth-order valence-electron chi connectivity index (χ4n) is 2.08. The van der Waals surface area contributed by atoms with Crippen molar-refractivity contribution in [2.24, 2.45) is 5.73 Å². The van der Waals surface area contributed by atoms with Crippen LogP contribution in [0.2, 0.25) is 10.0 Å². The van der Waals surface area contributed by atoms with Crippen molar-refractivity contribution in [3.8, 4) is 11.5 Å². The van der Waals surface area contributed by atoms with Crippen molar-refractivity contribution in [2.45, 2.75) is 6.04 Å². The van der Waals surface area contributed by atoms with E-state index in [1.54, 1.807) is 26.4 Å². The van der Waals surface area contributed by atoms with Gasteiger partial charge in [-0.2, -0.15) is 0 Å². The minimum absolute atomic E-state index is 0.438. The summed E-state index contributed by atoms with van der Waals surface area (Å²) in [6.45, 7) is 0. The molecule has 0 fully saturated rings. The molecular formula is C15H14BrCl2NO2. The lowest BCUT2D eigenvalue weighted by Gasteiger charge is -2.19. The molecule has 0 saturated carbocycles. The maximum absolute atomic E-state index is 6.33. The molecule has 2 rings (SSSR count). The molecule has 0 heterocycles. The molecule has 0 spiro atoms. The van der Waals surface area contributed by atoms with Crippen molar-refractivity contribution in [1.82, 2.24) is 0 Å². The normalized spacial score (nSPS) is 12.1. The topological polar surface area (TPSA) is 44.5 Å². The van der Waals surface area contributed by atoms with Gasteiger partial charge in [-0.25, -0.2) is 0 Å². The molecule has 0 aromatic heterocycles. The highest BCUT2D eigenvalue weighted by Crippen LogP contribution is 2.41. The first-order valence-electron chi connectivity index (χ1n) is 6.10. The molecule has 2 N–H and O–H groups in total. The molecular weight excluding hydrogens is 377 g/mol.